The number of hydrogen-bond acceptors (Lipinski definition) is 1. The Bertz CT molecular complexity index is 2430. The molecule has 5 aromatic carbocycles. The van der Waals surface area contributed by atoms with E-state index in [1.165, 1.54) is 108 Å². The third-order valence-corrected chi connectivity index (χ3v) is 13.0. The van der Waals surface area contributed by atoms with Crippen LogP contribution in [0.1, 0.15) is 81.1 Å². The minimum atomic E-state index is 0.259. The molecule has 1 fully saturated rings. The predicted molar refractivity (Wildman–Crippen MR) is 225 cm³/mol. The van der Waals surface area contributed by atoms with E-state index in [4.69, 9.17) is 4.98 Å². The standard InChI is InChI=1S/C51H51N3/c1-8-42-30-51(42)31-54-46(47-36(6)19-14-20-37(47)7)29-45(49(51)54)50-52-23-24-53(50)48-40(27-43-32(2)15-12-16-33(43)3)25-39(38-21-10-9-11-22-38)26-41(48)28-44-34(4)17-13-18-35(44)5/h9-26,29,42H,8,27-28,30-31H2,1-7H3/t42-,51?/m0/s1. The first-order valence-corrected chi connectivity index (χ1v) is 19.8. The zero-order valence-electron chi connectivity index (χ0n) is 32.9. The highest BCUT2D eigenvalue weighted by atomic mass is 15.1. The molecule has 1 unspecified atom stereocenters. The Morgan fingerprint density at radius 1 is 0.648 bits per heavy atom. The van der Waals surface area contributed by atoms with E-state index in [1.54, 1.807) is 0 Å². The van der Waals surface area contributed by atoms with Crippen LogP contribution >= 0.6 is 0 Å². The minimum Gasteiger partial charge on any atom is -0.342 e. The van der Waals surface area contributed by atoms with Crippen LogP contribution in [0.2, 0.25) is 0 Å². The van der Waals surface area contributed by atoms with E-state index in [-0.39, 0.29) is 5.41 Å². The van der Waals surface area contributed by atoms with Gasteiger partial charge in [0.05, 0.1) is 5.69 Å². The van der Waals surface area contributed by atoms with Crippen molar-refractivity contribution in [2.45, 2.75) is 86.1 Å². The fraction of sp³-hybridized carbons (Fsp3) is 0.275. The van der Waals surface area contributed by atoms with Crippen LogP contribution in [-0.2, 0) is 24.8 Å². The molecule has 54 heavy (non-hydrogen) atoms. The zero-order chi connectivity index (χ0) is 37.3. The van der Waals surface area contributed by atoms with Gasteiger partial charge in [0.15, 0.2) is 0 Å². The average Bonchev–Trinajstić information content (AvgIpc) is 3.58. The van der Waals surface area contributed by atoms with Crippen molar-refractivity contribution in [3.05, 3.63) is 177 Å². The van der Waals surface area contributed by atoms with E-state index in [1.807, 2.05) is 6.20 Å². The first-order chi connectivity index (χ1) is 26.2. The molecule has 2 atom stereocenters. The Morgan fingerprint density at radius 2 is 1.20 bits per heavy atom. The number of rotatable bonds is 9. The Labute approximate surface area is 321 Å². The summed E-state index contributed by atoms with van der Waals surface area (Å²) in [4.78, 5) is 5.29. The minimum absolute atomic E-state index is 0.259. The molecule has 1 aliphatic carbocycles. The van der Waals surface area contributed by atoms with Crippen molar-refractivity contribution in [1.82, 2.24) is 14.1 Å². The van der Waals surface area contributed by atoms with Gasteiger partial charge in [0.2, 0.25) is 0 Å². The van der Waals surface area contributed by atoms with Crippen molar-refractivity contribution in [2.75, 3.05) is 0 Å². The Morgan fingerprint density at radius 3 is 1.74 bits per heavy atom. The summed E-state index contributed by atoms with van der Waals surface area (Å²) in [6, 6.07) is 38.5. The maximum absolute atomic E-state index is 5.29. The van der Waals surface area contributed by atoms with Gasteiger partial charge >= 0.3 is 0 Å². The lowest BCUT2D eigenvalue weighted by Gasteiger charge is -2.35. The second kappa shape index (κ2) is 13.2. The number of fused-ring (bicyclic) bond motifs is 2. The highest BCUT2D eigenvalue weighted by Crippen LogP contribution is 2.65. The van der Waals surface area contributed by atoms with Crippen LogP contribution in [0.5, 0.6) is 0 Å². The van der Waals surface area contributed by atoms with Crippen molar-refractivity contribution in [2.24, 2.45) is 5.92 Å². The van der Waals surface area contributed by atoms with Crippen LogP contribution in [0.25, 0.3) is 39.5 Å². The fourth-order valence-corrected chi connectivity index (χ4v) is 9.97. The van der Waals surface area contributed by atoms with Gasteiger partial charge < -0.3 is 4.57 Å². The molecule has 2 aliphatic rings. The van der Waals surface area contributed by atoms with Gasteiger partial charge in [-0.05, 0) is 139 Å². The maximum atomic E-state index is 5.29. The molecule has 0 radical (unpaired) electrons. The summed E-state index contributed by atoms with van der Waals surface area (Å²) >= 11 is 0. The molecule has 3 heterocycles. The number of hydrogen-bond donors (Lipinski definition) is 0. The molecule has 0 saturated heterocycles. The largest absolute Gasteiger partial charge is 0.342 e. The number of aromatic nitrogens is 3. The van der Waals surface area contributed by atoms with E-state index in [9.17, 15) is 0 Å². The van der Waals surface area contributed by atoms with Crippen molar-refractivity contribution >= 4 is 0 Å². The molecule has 1 saturated carbocycles. The van der Waals surface area contributed by atoms with Crippen LogP contribution < -0.4 is 0 Å². The highest BCUT2D eigenvalue weighted by Gasteiger charge is 2.63. The maximum Gasteiger partial charge on any atom is 0.146 e. The van der Waals surface area contributed by atoms with Gasteiger partial charge in [-0.2, -0.15) is 0 Å². The van der Waals surface area contributed by atoms with Crippen molar-refractivity contribution in [3.8, 4) is 39.5 Å². The number of nitrogens with zero attached hydrogens (tertiary/aromatic N) is 3. The van der Waals surface area contributed by atoms with E-state index in [0.717, 1.165) is 31.1 Å². The van der Waals surface area contributed by atoms with Crippen LogP contribution in [-0.4, -0.2) is 14.1 Å². The second-order valence-corrected chi connectivity index (χ2v) is 16.3. The quantitative estimate of drug-likeness (QED) is 0.147. The first-order valence-electron chi connectivity index (χ1n) is 19.8. The number of aryl methyl sites for hydroxylation is 6. The van der Waals surface area contributed by atoms with E-state index >= 15 is 0 Å². The SMILES string of the molecule is CC[C@H]1CC12Cn1c(-c3c(C)cccc3C)cc(-c3nccn3-c3c(Cc4c(C)cccc4C)cc(-c4ccccc4)cc3Cc3c(C)cccc3C)c12. The number of imidazole rings is 1. The highest BCUT2D eigenvalue weighted by molar-refractivity contribution is 5.80. The summed E-state index contributed by atoms with van der Waals surface area (Å²) in [5.41, 5.74) is 23.0. The van der Waals surface area contributed by atoms with Crippen LogP contribution in [0.15, 0.2) is 116 Å². The average molecular weight is 706 g/mol. The lowest BCUT2D eigenvalue weighted by Crippen LogP contribution is -2.34. The van der Waals surface area contributed by atoms with Crippen LogP contribution in [0, 0.1) is 47.5 Å². The molecule has 7 aromatic rings. The Kier molecular flexibility index (Phi) is 8.38. The van der Waals surface area contributed by atoms with Gasteiger partial charge in [-0.1, -0.05) is 98.3 Å². The third kappa shape index (κ3) is 5.51. The zero-order valence-corrected chi connectivity index (χ0v) is 32.9. The van der Waals surface area contributed by atoms with Gasteiger partial charge in [0.1, 0.15) is 5.82 Å². The summed E-state index contributed by atoms with van der Waals surface area (Å²) in [5.74, 6) is 1.78. The lowest BCUT2D eigenvalue weighted by molar-refractivity contribution is 0.380. The molecule has 3 heteroatoms. The second-order valence-electron chi connectivity index (χ2n) is 16.3. The van der Waals surface area contributed by atoms with E-state index in [2.05, 4.69) is 167 Å². The summed E-state index contributed by atoms with van der Waals surface area (Å²) in [7, 11) is 0. The molecule has 0 N–H and O–H groups in total. The molecule has 0 amide bonds. The summed E-state index contributed by atoms with van der Waals surface area (Å²) in [6.45, 7) is 17.0. The van der Waals surface area contributed by atoms with Crippen molar-refractivity contribution < 1.29 is 0 Å². The predicted octanol–water partition coefficient (Wildman–Crippen LogP) is 12.4. The lowest BCUT2D eigenvalue weighted by atomic mass is 9.87. The Hall–Kier alpha value is -5.41. The molecule has 1 aliphatic heterocycles. The topological polar surface area (TPSA) is 22.8 Å². The van der Waals surface area contributed by atoms with Gasteiger partial charge in [0.25, 0.3) is 0 Å². The van der Waals surface area contributed by atoms with Gasteiger partial charge in [0, 0.05) is 59.7 Å². The smallest absolute Gasteiger partial charge is 0.146 e. The van der Waals surface area contributed by atoms with Crippen LogP contribution in [0.4, 0.5) is 0 Å². The summed E-state index contributed by atoms with van der Waals surface area (Å²) < 4.78 is 5.09. The van der Waals surface area contributed by atoms with Crippen molar-refractivity contribution in [1.29, 1.82) is 0 Å². The van der Waals surface area contributed by atoms with Gasteiger partial charge in [-0.15, -0.1) is 0 Å². The van der Waals surface area contributed by atoms with E-state index < -0.39 is 0 Å². The van der Waals surface area contributed by atoms with Crippen molar-refractivity contribution in [3.63, 3.8) is 0 Å². The van der Waals surface area contributed by atoms with Crippen LogP contribution in [0.3, 0.4) is 0 Å². The monoisotopic (exact) mass is 705 g/mol. The normalized spacial score (nSPS) is 17.1. The molecular formula is C51H51N3. The molecule has 3 nitrogen and oxygen atoms in total. The molecular weight excluding hydrogens is 655 g/mol. The fourth-order valence-electron chi connectivity index (χ4n) is 9.97. The molecule has 1 spiro atoms. The molecule has 0 bridgehead atoms. The Balaban J connectivity index is 1.31. The molecule has 270 valence electrons. The molecule has 9 rings (SSSR count). The van der Waals surface area contributed by atoms with Gasteiger partial charge in [-0.25, -0.2) is 4.98 Å². The summed E-state index contributed by atoms with van der Waals surface area (Å²) in [5, 5.41) is 0. The summed E-state index contributed by atoms with van der Waals surface area (Å²) in [6.07, 6.45) is 8.44. The molecule has 2 aromatic heterocycles. The third-order valence-electron chi connectivity index (χ3n) is 13.0. The number of benzene rings is 5. The van der Waals surface area contributed by atoms with Gasteiger partial charge in [-0.3, -0.25) is 4.57 Å². The van der Waals surface area contributed by atoms with E-state index in [0.29, 0.717) is 0 Å². The first kappa shape index (κ1) is 34.4.